The van der Waals surface area contributed by atoms with Crippen LogP contribution in [0.15, 0.2) is 24.5 Å². The van der Waals surface area contributed by atoms with Crippen LogP contribution < -0.4 is 5.32 Å². The number of pyridine rings is 1. The molecule has 1 aliphatic heterocycles. The maximum absolute atomic E-state index is 12.5. The van der Waals surface area contributed by atoms with E-state index in [9.17, 15) is 4.79 Å². The number of aromatic nitrogens is 1. The standard InChI is InChI=1S/C21H31N3O2/c25-20(23-15-18-13-21(18)8-2-1-3-9-21)24-11-6-19(7-12-24)26-16-17-5-4-10-22-14-17/h4-5,10,14,18-19H,1-3,6-9,11-13,15-16H2,(H,23,25)/t18-/m1/s1. The Bertz CT molecular complexity index is 593. The molecule has 3 aliphatic rings. The van der Waals surface area contributed by atoms with Gasteiger partial charge in [-0.25, -0.2) is 4.79 Å². The van der Waals surface area contributed by atoms with E-state index in [1.54, 1.807) is 6.20 Å². The number of piperidine rings is 1. The molecule has 1 spiro atoms. The number of hydrogen-bond acceptors (Lipinski definition) is 3. The molecule has 5 nitrogen and oxygen atoms in total. The van der Waals surface area contributed by atoms with E-state index in [1.807, 2.05) is 23.2 Å². The molecule has 1 aromatic rings. The van der Waals surface area contributed by atoms with Gasteiger partial charge in [-0.15, -0.1) is 0 Å². The van der Waals surface area contributed by atoms with E-state index < -0.39 is 0 Å². The summed E-state index contributed by atoms with van der Waals surface area (Å²) in [7, 11) is 0. The molecule has 1 N–H and O–H groups in total. The quantitative estimate of drug-likeness (QED) is 0.873. The van der Waals surface area contributed by atoms with E-state index in [0.717, 1.165) is 44.0 Å². The molecule has 26 heavy (non-hydrogen) atoms. The molecular weight excluding hydrogens is 326 g/mol. The molecule has 0 unspecified atom stereocenters. The highest BCUT2D eigenvalue weighted by Crippen LogP contribution is 2.60. The Morgan fingerprint density at radius 3 is 2.81 bits per heavy atom. The zero-order chi connectivity index (χ0) is 17.8. The average molecular weight is 357 g/mol. The first-order chi connectivity index (χ1) is 12.8. The van der Waals surface area contributed by atoms with Crippen LogP contribution in [0.2, 0.25) is 0 Å². The van der Waals surface area contributed by atoms with Crippen molar-refractivity contribution >= 4 is 6.03 Å². The van der Waals surface area contributed by atoms with Gasteiger partial charge >= 0.3 is 6.03 Å². The molecule has 5 heteroatoms. The van der Waals surface area contributed by atoms with E-state index >= 15 is 0 Å². The Hall–Kier alpha value is -1.62. The highest BCUT2D eigenvalue weighted by atomic mass is 16.5. The largest absolute Gasteiger partial charge is 0.373 e. The van der Waals surface area contributed by atoms with Crippen molar-refractivity contribution < 1.29 is 9.53 Å². The third kappa shape index (κ3) is 4.20. The summed E-state index contributed by atoms with van der Waals surface area (Å²) < 4.78 is 5.98. The lowest BCUT2D eigenvalue weighted by molar-refractivity contribution is 0.00434. The molecule has 3 fully saturated rings. The number of nitrogens with one attached hydrogen (secondary N) is 1. The summed E-state index contributed by atoms with van der Waals surface area (Å²) in [5.74, 6) is 0.729. The highest BCUT2D eigenvalue weighted by Gasteiger charge is 2.53. The van der Waals surface area contributed by atoms with Crippen LogP contribution in [0.1, 0.15) is 56.9 Å². The second kappa shape index (κ2) is 7.95. The first kappa shape index (κ1) is 17.8. The van der Waals surface area contributed by atoms with Crippen molar-refractivity contribution in [2.24, 2.45) is 11.3 Å². The summed E-state index contributed by atoms with van der Waals surface area (Å²) in [6.45, 7) is 3.06. The number of ether oxygens (including phenoxy) is 1. The number of rotatable bonds is 5. The predicted molar refractivity (Wildman–Crippen MR) is 101 cm³/mol. The number of amides is 2. The summed E-state index contributed by atoms with van der Waals surface area (Å²) in [5.41, 5.74) is 1.70. The van der Waals surface area contributed by atoms with Crippen LogP contribution in [0.5, 0.6) is 0 Å². The van der Waals surface area contributed by atoms with Gasteiger partial charge in [-0.1, -0.05) is 25.3 Å². The van der Waals surface area contributed by atoms with Crippen molar-refractivity contribution in [2.75, 3.05) is 19.6 Å². The van der Waals surface area contributed by atoms with Crippen molar-refractivity contribution in [3.8, 4) is 0 Å². The normalized spacial score (nSPS) is 25.2. The zero-order valence-electron chi connectivity index (χ0n) is 15.7. The van der Waals surface area contributed by atoms with E-state index in [2.05, 4.69) is 10.3 Å². The minimum Gasteiger partial charge on any atom is -0.373 e. The van der Waals surface area contributed by atoms with Gasteiger partial charge in [0.15, 0.2) is 0 Å². The van der Waals surface area contributed by atoms with Crippen LogP contribution in [0.3, 0.4) is 0 Å². The van der Waals surface area contributed by atoms with Crippen molar-refractivity contribution in [3.63, 3.8) is 0 Å². The summed E-state index contributed by atoms with van der Waals surface area (Å²) in [4.78, 5) is 18.5. The Morgan fingerprint density at radius 2 is 2.08 bits per heavy atom. The molecule has 0 bridgehead atoms. The van der Waals surface area contributed by atoms with Gasteiger partial charge in [-0.05, 0) is 55.1 Å². The van der Waals surface area contributed by atoms with Crippen LogP contribution in [0.25, 0.3) is 0 Å². The van der Waals surface area contributed by atoms with Gasteiger partial charge < -0.3 is 15.0 Å². The maximum Gasteiger partial charge on any atom is 0.317 e. The lowest BCUT2D eigenvalue weighted by Crippen LogP contribution is -2.46. The third-order valence-corrected chi connectivity index (χ3v) is 6.65. The van der Waals surface area contributed by atoms with Crippen LogP contribution in [0, 0.1) is 11.3 Å². The first-order valence-corrected chi connectivity index (χ1v) is 10.3. The van der Waals surface area contributed by atoms with E-state index in [0.29, 0.717) is 12.0 Å². The molecule has 1 atom stereocenters. The van der Waals surface area contributed by atoms with Crippen molar-refractivity contribution in [2.45, 2.75) is 64.1 Å². The summed E-state index contributed by atoms with van der Waals surface area (Å²) >= 11 is 0. The monoisotopic (exact) mass is 357 g/mol. The van der Waals surface area contributed by atoms with Crippen molar-refractivity contribution in [3.05, 3.63) is 30.1 Å². The molecular formula is C21H31N3O2. The van der Waals surface area contributed by atoms with Crippen LogP contribution in [0.4, 0.5) is 4.79 Å². The van der Waals surface area contributed by atoms with E-state index in [-0.39, 0.29) is 12.1 Å². The number of urea groups is 1. The maximum atomic E-state index is 12.5. The molecule has 142 valence electrons. The smallest absolute Gasteiger partial charge is 0.317 e. The molecule has 0 aromatic carbocycles. The SMILES string of the molecule is O=C(NC[C@H]1CC12CCCCC2)N1CCC(OCc2cccnc2)CC1. The minimum atomic E-state index is 0.119. The van der Waals surface area contributed by atoms with E-state index in [4.69, 9.17) is 4.74 Å². The summed E-state index contributed by atoms with van der Waals surface area (Å²) in [6, 6.07) is 4.09. The molecule has 0 radical (unpaired) electrons. The second-order valence-electron chi connectivity index (χ2n) is 8.37. The van der Waals surface area contributed by atoms with Gasteiger partial charge in [-0.2, -0.15) is 0 Å². The van der Waals surface area contributed by atoms with Gasteiger partial charge in [0.05, 0.1) is 12.7 Å². The molecule has 2 heterocycles. The molecule has 1 aromatic heterocycles. The van der Waals surface area contributed by atoms with E-state index in [1.165, 1.54) is 38.5 Å². The summed E-state index contributed by atoms with van der Waals surface area (Å²) in [5, 5.41) is 3.20. The minimum absolute atomic E-state index is 0.119. The summed E-state index contributed by atoms with van der Waals surface area (Å²) in [6.07, 6.45) is 14.0. The highest BCUT2D eigenvalue weighted by molar-refractivity contribution is 5.74. The van der Waals surface area contributed by atoms with Gasteiger partial charge in [0.25, 0.3) is 0 Å². The Morgan fingerprint density at radius 1 is 1.27 bits per heavy atom. The van der Waals surface area contributed by atoms with Crippen LogP contribution in [-0.2, 0) is 11.3 Å². The average Bonchev–Trinajstić information content (AvgIpc) is 3.37. The predicted octanol–water partition coefficient (Wildman–Crippen LogP) is 3.74. The molecule has 4 rings (SSSR count). The van der Waals surface area contributed by atoms with Crippen LogP contribution in [-0.4, -0.2) is 41.7 Å². The van der Waals surface area contributed by atoms with Gasteiger partial charge in [0.2, 0.25) is 0 Å². The topological polar surface area (TPSA) is 54.5 Å². The molecule has 2 aliphatic carbocycles. The number of hydrogen-bond donors (Lipinski definition) is 1. The third-order valence-electron chi connectivity index (χ3n) is 6.65. The lowest BCUT2D eigenvalue weighted by Gasteiger charge is -2.32. The van der Waals surface area contributed by atoms with Gasteiger partial charge in [0, 0.05) is 32.0 Å². The number of carbonyl (C=O) groups excluding carboxylic acids is 1. The fourth-order valence-corrected chi connectivity index (χ4v) is 4.83. The molecule has 1 saturated heterocycles. The lowest BCUT2D eigenvalue weighted by atomic mass is 9.84. The van der Waals surface area contributed by atoms with Crippen molar-refractivity contribution in [1.29, 1.82) is 0 Å². The van der Waals surface area contributed by atoms with Gasteiger partial charge in [0.1, 0.15) is 0 Å². The molecule has 2 amide bonds. The first-order valence-electron chi connectivity index (χ1n) is 10.3. The Kier molecular flexibility index (Phi) is 5.44. The Balaban J connectivity index is 1.14. The Labute approximate surface area is 156 Å². The zero-order valence-corrected chi connectivity index (χ0v) is 15.7. The number of carbonyl (C=O) groups is 1. The number of likely N-dealkylation sites (tertiary alicyclic amines) is 1. The van der Waals surface area contributed by atoms with Crippen LogP contribution >= 0.6 is 0 Å². The molecule has 2 saturated carbocycles. The number of nitrogens with zero attached hydrogens (tertiary/aromatic N) is 2. The second-order valence-corrected chi connectivity index (χ2v) is 8.37. The van der Waals surface area contributed by atoms with Gasteiger partial charge in [-0.3, -0.25) is 4.98 Å². The fraction of sp³-hybridized carbons (Fsp3) is 0.714. The fourth-order valence-electron chi connectivity index (χ4n) is 4.83. The van der Waals surface area contributed by atoms with Crippen molar-refractivity contribution in [1.82, 2.24) is 15.2 Å².